The van der Waals surface area contributed by atoms with E-state index in [4.69, 9.17) is 33.9 Å². The molecule has 0 amide bonds. The standard InChI is InChI=1S/C7H20N2O12P4/c10-22(11,12)3-8(4-23(13,14)15)1-7-2-9(5-24(16,17)18)6-25(19,20)21-7/h7H,1-6H2,(H,19,20)(H2,10,11,12)(H2,13,14,15)(H2,16,17,18). The van der Waals surface area contributed by atoms with E-state index in [2.05, 4.69) is 0 Å². The molecule has 0 bridgehead atoms. The van der Waals surface area contributed by atoms with E-state index in [9.17, 15) is 23.2 Å². The molecule has 1 heterocycles. The summed E-state index contributed by atoms with van der Waals surface area (Å²) in [5.74, 6) is 0. The average Bonchev–Trinajstić information content (AvgIpc) is 2.17. The molecule has 150 valence electrons. The first-order valence-electron chi connectivity index (χ1n) is 6.53. The molecule has 14 nitrogen and oxygen atoms in total. The Labute approximate surface area is 142 Å². The Balaban J connectivity index is 2.90. The summed E-state index contributed by atoms with van der Waals surface area (Å²) in [5, 5.41) is 0. The van der Waals surface area contributed by atoms with Gasteiger partial charge in [-0.3, -0.25) is 28.1 Å². The molecule has 7 N–H and O–H groups in total. The zero-order valence-corrected chi connectivity index (χ0v) is 16.3. The third-order valence-electron chi connectivity index (χ3n) is 2.77. The number of hydrogen-bond acceptors (Lipinski definition) is 7. The number of hydrogen-bond donors (Lipinski definition) is 7. The minimum atomic E-state index is -4.70. The predicted molar refractivity (Wildman–Crippen MR) is 83.7 cm³/mol. The van der Waals surface area contributed by atoms with Crippen molar-refractivity contribution in [3.8, 4) is 0 Å². The van der Waals surface area contributed by atoms with Crippen molar-refractivity contribution in [2.45, 2.75) is 6.10 Å². The molecule has 0 saturated carbocycles. The van der Waals surface area contributed by atoms with Gasteiger partial charge in [0.2, 0.25) is 0 Å². The van der Waals surface area contributed by atoms with Gasteiger partial charge in [0.25, 0.3) is 0 Å². The highest BCUT2D eigenvalue weighted by molar-refractivity contribution is 7.53. The Morgan fingerprint density at radius 2 is 1.48 bits per heavy atom. The molecular formula is C7H20N2O12P4. The maximum Gasteiger partial charge on any atom is 0.342 e. The summed E-state index contributed by atoms with van der Waals surface area (Å²) in [6.45, 7) is -0.826. The lowest BCUT2D eigenvalue weighted by molar-refractivity contribution is 0.0689. The van der Waals surface area contributed by atoms with Gasteiger partial charge in [-0.2, -0.15) is 0 Å². The van der Waals surface area contributed by atoms with Crippen molar-refractivity contribution in [3.63, 3.8) is 0 Å². The zero-order valence-electron chi connectivity index (χ0n) is 12.7. The quantitative estimate of drug-likeness (QED) is 0.211. The van der Waals surface area contributed by atoms with Crippen molar-refractivity contribution in [1.29, 1.82) is 0 Å². The predicted octanol–water partition coefficient (Wildman–Crippen LogP) is -1.46. The van der Waals surface area contributed by atoms with Gasteiger partial charge in [-0.15, -0.1) is 0 Å². The van der Waals surface area contributed by atoms with Crippen molar-refractivity contribution in [2.75, 3.05) is 38.2 Å². The normalized spacial score (nSPS) is 27.0. The van der Waals surface area contributed by atoms with Crippen LogP contribution in [0.5, 0.6) is 0 Å². The van der Waals surface area contributed by atoms with E-state index in [-0.39, 0.29) is 6.54 Å². The maximum absolute atomic E-state index is 11.8. The van der Waals surface area contributed by atoms with Crippen LogP contribution >= 0.6 is 30.4 Å². The van der Waals surface area contributed by atoms with Gasteiger partial charge >= 0.3 is 30.4 Å². The summed E-state index contributed by atoms with van der Waals surface area (Å²) in [5.41, 5.74) is 0. The largest absolute Gasteiger partial charge is 0.342 e. The highest BCUT2D eigenvalue weighted by Gasteiger charge is 2.39. The second-order valence-corrected chi connectivity index (χ2v) is 12.2. The number of nitrogens with zero attached hydrogens (tertiary/aromatic N) is 2. The van der Waals surface area contributed by atoms with Crippen LogP contribution in [0.4, 0.5) is 0 Å². The van der Waals surface area contributed by atoms with Crippen LogP contribution in [0.2, 0.25) is 0 Å². The lowest BCUT2D eigenvalue weighted by Crippen LogP contribution is -2.46. The fourth-order valence-electron chi connectivity index (χ4n) is 2.32. The van der Waals surface area contributed by atoms with Crippen molar-refractivity contribution in [3.05, 3.63) is 0 Å². The smallest absolute Gasteiger partial charge is 0.324 e. The van der Waals surface area contributed by atoms with Gasteiger partial charge in [0.05, 0.1) is 6.10 Å². The second-order valence-electron chi connectivity index (χ2n) is 5.63. The molecule has 1 rings (SSSR count). The maximum atomic E-state index is 11.8. The average molecular weight is 448 g/mol. The van der Waals surface area contributed by atoms with Crippen LogP contribution in [0.25, 0.3) is 0 Å². The van der Waals surface area contributed by atoms with Gasteiger partial charge in [-0.1, -0.05) is 0 Å². The van der Waals surface area contributed by atoms with E-state index in [1.807, 2.05) is 0 Å². The van der Waals surface area contributed by atoms with Gasteiger partial charge in [0.15, 0.2) is 0 Å². The Kier molecular flexibility index (Phi) is 7.79. The second kappa shape index (κ2) is 8.26. The molecule has 1 saturated heterocycles. The SMILES string of the molecule is O=P(O)(O)CN(CC1CN(CP(=O)(O)O)CP(=O)(O)O1)CP(=O)(O)O. The third-order valence-corrected chi connectivity index (χ3v) is 6.46. The highest BCUT2D eigenvalue weighted by atomic mass is 31.2. The molecular weight excluding hydrogens is 428 g/mol. The molecule has 0 aliphatic carbocycles. The van der Waals surface area contributed by atoms with E-state index in [0.29, 0.717) is 4.90 Å². The van der Waals surface area contributed by atoms with Crippen LogP contribution in [0.1, 0.15) is 0 Å². The fourth-order valence-corrected chi connectivity index (χ4v) is 6.23. The van der Waals surface area contributed by atoms with Crippen LogP contribution in [0.3, 0.4) is 0 Å². The highest BCUT2D eigenvalue weighted by Crippen LogP contribution is 2.50. The zero-order chi connectivity index (χ0) is 19.7. The lowest BCUT2D eigenvalue weighted by Gasteiger charge is -2.37. The molecule has 2 unspecified atom stereocenters. The molecule has 0 aromatic heterocycles. The Bertz CT molecular complexity index is 626. The van der Waals surface area contributed by atoms with E-state index < -0.39 is 68.2 Å². The van der Waals surface area contributed by atoms with Crippen molar-refractivity contribution in [2.24, 2.45) is 0 Å². The van der Waals surface area contributed by atoms with Gasteiger partial charge in [0, 0.05) is 13.1 Å². The van der Waals surface area contributed by atoms with E-state index in [1.54, 1.807) is 0 Å². The molecule has 0 radical (unpaired) electrons. The van der Waals surface area contributed by atoms with E-state index >= 15 is 0 Å². The van der Waals surface area contributed by atoms with Crippen LogP contribution in [0, 0.1) is 0 Å². The first-order chi connectivity index (χ1) is 10.9. The van der Waals surface area contributed by atoms with E-state index in [1.165, 1.54) is 0 Å². The van der Waals surface area contributed by atoms with Gasteiger partial charge in [-0.05, 0) is 0 Å². The minimum Gasteiger partial charge on any atom is -0.324 e. The van der Waals surface area contributed by atoms with Gasteiger partial charge in [0.1, 0.15) is 25.1 Å². The number of rotatable bonds is 8. The van der Waals surface area contributed by atoms with Gasteiger partial charge in [-0.25, -0.2) is 0 Å². The molecule has 1 fully saturated rings. The minimum absolute atomic E-state index is 0.283. The van der Waals surface area contributed by atoms with Crippen LogP contribution in [-0.2, 0) is 22.8 Å². The molecule has 0 aromatic rings. The Morgan fingerprint density at radius 1 is 1.00 bits per heavy atom. The summed E-state index contributed by atoms with van der Waals surface area (Å²) < 4.78 is 49.9. The molecule has 18 heteroatoms. The fraction of sp³-hybridized carbons (Fsp3) is 1.00. The van der Waals surface area contributed by atoms with Crippen molar-refractivity contribution >= 4 is 30.4 Å². The van der Waals surface area contributed by atoms with Crippen LogP contribution in [-0.4, -0.2) is 88.4 Å². The Hall–Kier alpha value is 0.520. The molecule has 0 aromatic carbocycles. The summed E-state index contributed by atoms with van der Waals surface area (Å²) in [7, 11) is -18.2. The summed E-state index contributed by atoms with van der Waals surface area (Å²) in [4.78, 5) is 65.1. The summed E-state index contributed by atoms with van der Waals surface area (Å²) in [6, 6.07) is 0. The Morgan fingerprint density at radius 3 is 1.88 bits per heavy atom. The van der Waals surface area contributed by atoms with Crippen LogP contribution < -0.4 is 0 Å². The molecule has 0 spiro atoms. The summed E-state index contributed by atoms with van der Waals surface area (Å²) >= 11 is 0. The summed E-state index contributed by atoms with van der Waals surface area (Å²) in [6.07, 6.45) is -4.83. The first-order valence-corrected chi connectivity index (χ1v) is 13.7. The molecule has 25 heavy (non-hydrogen) atoms. The molecule has 2 atom stereocenters. The van der Waals surface area contributed by atoms with Crippen molar-refractivity contribution < 1.29 is 57.0 Å². The molecule has 1 aliphatic rings. The van der Waals surface area contributed by atoms with Gasteiger partial charge < -0.3 is 38.8 Å². The van der Waals surface area contributed by atoms with Crippen LogP contribution in [0.15, 0.2) is 0 Å². The topological polar surface area (TPSA) is 226 Å². The molecule has 1 aliphatic heterocycles. The monoisotopic (exact) mass is 448 g/mol. The third kappa shape index (κ3) is 11.1. The lowest BCUT2D eigenvalue weighted by atomic mass is 10.3. The van der Waals surface area contributed by atoms with Crippen molar-refractivity contribution in [1.82, 2.24) is 9.80 Å². The van der Waals surface area contributed by atoms with E-state index in [0.717, 1.165) is 4.90 Å². The first kappa shape index (κ1) is 23.6.